The number of nitrogens with one attached hydrogen (secondary N) is 1. The molecule has 0 bridgehead atoms. The van der Waals surface area contributed by atoms with Crippen LogP contribution in [0.5, 0.6) is 0 Å². The Morgan fingerprint density at radius 1 is 1.33 bits per heavy atom. The van der Waals surface area contributed by atoms with E-state index in [1.165, 1.54) is 0 Å². The zero-order chi connectivity index (χ0) is 10.7. The zero-order valence-corrected chi connectivity index (χ0v) is 8.45. The Hall–Kier alpha value is -1.38. The van der Waals surface area contributed by atoms with Gasteiger partial charge in [0.15, 0.2) is 0 Å². The molecule has 1 aliphatic carbocycles. The lowest BCUT2D eigenvalue weighted by molar-refractivity contribution is 0.0875. The van der Waals surface area contributed by atoms with Crippen molar-refractivity contribution in [2.24, 2.45) is 5.92 Å². The van der Waals surface area contributed by atoms with Crippen LogP contribution in [0.4, 0.5) is 4.39 Å². The Balaban J connectivity index is 1.84. The minimum atomic E-state index is -0.266. The maximum Gasteiger partial charge on any atom is 0.251 e. The van der Waals surface area contributed by atoms with Crippen LogP contribution in [-0.2, 0) is 0 Å². The third-order valence-corrected chi connectivity index (χ3v) is 2.83. The molecule has 15 heavy (non-hydrogen) atoms. The van der Waals surface area contributed by atoms with Crippen molar-refractivity contribution in [2.75, 3.05) is 6.67 Å². The van der Waals surface area contributed by atoms with Gasteiger partial charge in [-0.3, -0.25) is 9.18 Å². The van der Waals surface area contributed by atoms with Gasteiger partial charge >= 0.3 is 0 Å². The highest BCUT2D eigenvalue weighted by atomic mass is 19.1. The Morgan fingerprint density at radius 2 is 2.00 bits per heavy atom. The highest BCUT2D eigenvalue weighted by Gasteiger charge is 2.30. The summed E-state index contributed by atoms with van der Waals surface area (Å²) >= 11 is 0. The predicted molar refractivity (Wildman–Crippen MR) is 56.4 cm³/mol. The van der Waals surface area contributed by atoms with Gasteiger partial charge in [-0.05, 0) is 30.9 Å². The van der Waals surface area contributed by atoms with Crippen LogP contribution in [0.25, 0.3) is 0 Å². The van der Waals surface area contributed by atoms with Crippen molar-refractivity contribution in [2.45, 2.75) is 18.9 Å². The van der Waals surface area contributed by atoms with Crippen molar-refractivity contribution in [3.8, 4) is 0 Å². The van der Waals surface area contributed by atoms with Crippen LogP contribution in [0.2, 0.25) is 0 Å². The summed E-state index contributed by atoms with van der Waals surface area (Å²) < 4.78 is 12.2. The second-order valence-corrected chi connectivity index (χ2v) is 4.03. The van der Waals surface area contributed by atoms with Gasteiger partial charge in [-0.1, -0.05) is 18.2 Å². The van der Waals surface area contributed by atoms with E-state index in [4.69, 9.17) is 0 Å². The minimum absolute atomic E-state index is 0.0575. The van der Waals surface area contributed by atoms with Crippen molar-refractivity contribution in [3.63, 3.8) is 0 Å². The van der Waals surface area contributed by atoms with Crippen molar-refractivity contribution in [3.05, 3.63) is 35.9 Å². The summed E-state index contributed by atoms with van der Waals surface area (Å²) in [6, 6.07) is 9.26. The summed E-state index contributed by atoms with van der Waals surface area (Å²) in [6.07, 6.45) is 1.55. The van der Waals surface area contributed by atoms with E-state index < -0.39 is 0 Å². The standard InChI is InChI=1S/C12H14FNO/c13-8-9-6-11(7-9)14-12(15)10-4-2-1-3-5-10/h1-5,9,11H,6-8H2,(H,14,15). The number of hydrogen-bond acceptors (Lipinski definition) is 1. The Bertz CT molecular complexity index is 333. The molecule has 1 fully saturated rings. The quantitative estimate of drug-likeness (QED) is 0.808. The largest absolute Gasteiger partial charge is 0.349 e. The lowest BCUT2D eigenvalue weighted by Crippen LogP contribution is -2.44. The molecule has 2 rings (SSSR count). The predicted octanol–water partition coefficient (Wildman–Crippen LogP) is 2.16. The average Bonchev–Trinajstić information content (AvgIpc) is 2.23. The Kier molecular flexibility index (Phi) is 2.99. The fraction of sp³-hybridized carbons (Fsp3) is 0.417. The molecule has 0 heterocycles. The molecule has 3 heteroatoms. The molecule has 0 atom stereocenters. The minimum Gasteiger partial charge on any atom is -0.349 e. The molecule has 0 saturated heterocycles. The number of amides is 1. The van der Waals surface area contributed by atoms with Gasteiger partial charge in [-0.15, -0.1) is 0 Å². The second kappa shape index (κ2) is 4.43. The highest BCUT2D eigenvalue weighted by molar-refractivity contribution is 5.94. The summed E-state index contributed by atoms with van der Waals surface area (Å²) in [5.41, 5.74) is 0.668. The molecule has 0 unspecified atom stereocenters. The smallest absolute Gasteiger partial charge is 0.251 e. The second-order valence-electron chi connectivity index (χ2n) is 4.03. The van der Waals surface area contributed by atoms with E-state index in [9.17, 15) is 9.18 Å². The Morgan fingerprint density at radius 3 is 2.60 bits per heavy atom. The molecule has 1 aliphatic rings. The van der Waals surface area contributed by atoms with Crippen molar-refractivity contribution >= 4 is 5.91 Å². The zero-order valence-electron chi connectivity index (χ0n) is 8.45. The number of hydrogen-bond donors (Lipinski definition) is 1. The Labute approximate surface area is 88.5 Å². The van der Waals surface area contributed by atoms with Crippen LogP contribution in [0.3, 0.4) is 0 Å². The fourth-order valence-electron chi connectivity index (χ4n) is 1.84. The molecular weight excluding hydrogens is 193 g/mol. The first-order valence-corrected chi connectivity index (χ1v) is 5.21. The first kappa shape index (κ1) is 10.1. The summed E-state index contributed by atoms with van der Waals surface area (Å²) in [6.45, 7) is -0.266. The first-order chi connectivity index (χ1) is 7.29. The normalized spacial score (nSPS) is 24.3. The topological polar surface area (TPSA) is 29.1 Å². The van der Waals surface area contributed by atoms with Crippen molar-refractivity contribution < 1.29 is 9.18 Å². The number of halogens is 1. The molecule has 0 spiro atoms. The van der Waals surface area contributed by atoms with E-state index in [1.54, 1.807) is 12.1 Å². The number of rotatable bonds is 3. The summed E-state index contributed by atoms with van der Waals surface area (Å²) in [5, 5.41) is 2.89. The number of carbonyl (C=O) groups excluding carboxylic acids is 1. The summed E-state index contributed by atoms with van der Waals surface area (Å²) in [7, 11) is 0. The third-order valence-electron chi connectivity index (χ3n) is 2.83. The molecule has 0 aliphatic heterocycles. The SMILES string of the molecule is O=C(NC1CC(CF)C1)c1ccccc1. The monoisotopic (exact) mass is 207 g/mol. The number of benzene rings is 1. The van der Waals surface area contributed by atoms with E-state index >= 15 is 0 Å². The molecule has 80 valence electrons. The van der Waals surface area contributed by atoms with Crippen LogP contribution in [-0.4, -0.2) is 18.6 Å². The van der Waals surface area contributed by atoms with Gasteiger partial charge in [0, 0.05) is 11.6 Å². The van der Waals surface area contributed by atoms with E-state index in [0.29, 0.717) is 5.56 Å². The van der Waals surface area contributed by atoms with Gasteiger partial charge in [-0.2, -0.15) is 0 Å². The van der Waals surface area contributed by atoms with Crippen LogP contribution in [0.1, 0.15) is 23.2 Å². The fourth-order valence-corrected chi connectivity index (χ4v) is 1.84. The molecule has 1 aromatic rings. The van der Waals surface area contributed by atoms with Gasteiger partial charge in [0.1, 0.15) is 0 Å². The molecule has 1 saturated carbocycles. The van der Waals surface area contributed by atoms with Crippen LogP contribution in [0.15, 0.2) is 30.3 Å². The van der Waals surface area contributed by atoms with Gasteiger partial charge in [0.25, 0.3) is 5.91 Å². The van der Waals surface area contributed by atoms with Gasteiger partial charge in [-0.25, -0.2) is 0 Å². The molecule has 1 amide bonds. The van der Waals surface area contributed by atoms with E-state index in [2.05, 4.69) is 5.32 Å². The molecule has 0 aromatic heterocycles. The molecule has 1 N–H and O–H groups in total. The molecular formula is C12H14FNO. The molecule has 2 nitrogen and oxygen atoms in total. The van der Waals surface area contributed by atoms with E-state index in [-0.39, 0.29) is 24.5 Å². The van der Waals surface area contributed by atoms with Crippen molar-refractivity contribution in [1.82, 2.24) is 5.32 Å². The average molecular weight is 207 g/mol. The first-order valence-electron chi connectivity index (χ1n) is 5.21. The highest BCUT2D eigenvalue weighted by Crippen LogP contribution is 2.27. The number of carbonyl (C=O) groups is 1. The van der Waals surface area contributed by atoms with Gasteiger partial charge < -0.3 is 5.32 Å². The van der Waals surface area contributed by atoms with Gasteiger partial charge in [0.05, 0.1) is 6.67 Å². The maximum atomic E-state index is 12.2. The lowest BCUT2D eigenvalue weighted by atomic mass is 9.81. The third kappa shape index (κ3) is 2.35. The number of alkyl halides is 1. The summed E-state index contributed by atoms with van der Waals surface area (Å²) in [5.74, 6) is 0.101. The van der Waals surface area contributed by atoms with Crippen LogP contribution >= 0.6 is 0 Å². The lowest BCUT2D eigenvalue weighted by Gasteiger charge is -2.33. The maximum absolute atomic E-state index is 12.2. The van der Waals surface area contributed by atoms with Crippen LogP contribution < -0.4 is 5.32 Å². The van der Waals surface area contributed by atoms with Crippen LogP contribution in [0, 0.1) is 5.92 Å². The van der Waals surface area contributed by atoms with Gasteiger partial charge in [0.2, 0.25) is 0 Å². The molecule has 0 radical (unpaired) electrons. The van der Waals surface area contributed by atoms with Crippen molar-refractivity contribution in [1.29, 1.82) is 0 Å². The molecule has 1 aromatic carbocycles. The summed E-state index contributed by atoms with van der Waals surface area (Å²) in [4.78, 5) is 11.6. The van der Waals surface area contributed by atoms with E-state index in [1.807, 2.05) is 18.2 Å². The van der Waals surface area contributed by atoms with E-state index in [0.717, 1.165) is 12.8 Å².